The van der Waals surface area contributed by atoms with E-state index < -0.39 is 0 Å². The van der Waals surface area contributed by atoms with Gasteiger partial charge in [-0.3, -0.25) is 0 Å². The van der Waals surface area contributed by atoms with E-state index in [-0.39, 0.29) is 73.7 Å². The van der Waals surface area contributed by atoms with Crippen LogP contribution in [0.2, 0.25) is 0 Å². The van der Waals surface area contributed by atoms with Crippen molar-refractivity contribution in [1.29, 1.82) is 0 Å². The van der Waals surface area contributed by atoms with E-state index in [9.17, 15) is 0 Å². The molecule has 0 atom stereocenters. The zero-order valence-corrected chi connectivity index (χ0v) is 1.24. The molecular weight excluding hydrogens is 174 g/mol. The molecule has 0 saturated heterocycles. The fourth-order valence-corrected chi connectivity index (χ4v) is 0. The van der Waals surface area contributed by atoms with E-state index in [1.165, 1.54) is 0 Å². The maximum atomic E-state index is 0. The third kappa shape index (κ3) is 23.9. The van der Waals surface area contributed by atoms with Gasteiger partial charge in [-0.15, -0.1) is 0 Å². The van der Waals surface area contributed by atoms with Gasteiger partial charge in [-0.2, -0.15) is 0 Å². The molecule has 0 aromatic heterocycles. The normalized spacial score (nSPS) is 0. The Kier molecular flexibility index (Phi) is 464. The van der Waals surface area contributed by atoms with E-state index in [0.29, 0.717) is 0 Å². The van der Waals surface area contributed by atoms with E-state index in [4.69, 9.17) is 0 Å². The van der Waals surface area contributed by atoms with Gasteiger partial charge in [-0.25, -0.2) is 0 Å². The van der Waals surface area contributed by atoms with Crippen LogP contribution in [0.1, 0.15) is 0 Å². The number of hydrogen-bond donors (Lipinski definition) is 0. The maximum Gasteiger partial charge on any atom is 0.187 e. The molecule has 39 valence electrons. The Morgan fingerprint density at radius 2 is 0.600 bits per heavy atom. The summed E-state index contributed by atoms with van der Waals surface area (Å²) in [6, 6.07) is 0. The van der Waals surface area contributed by atoms with Gasteiger partial charge in [0, 0.05) is 17.1 Å². The molecule has 0 aromatic carbocycles. The molecule has 0 aliphatic carbocycles. The van der Waals surface area contributed by atoms with Crippen LogP contribution in [0.4, 0.5) is 0 Å². The van der Waals surface area contributed by atoms with Crippen molar-refractivity contribution in [2.75, 3.05) is 0 Å². The van der Waals surface area contributed by atoms with Crippen LogP contribution in [-0.4, -0.2) is 56.7 Å². The van der Waals surface area contributed by atoms with Crippen LogP contribution in [0.15, 0.2) is 0 Å². The molecule has 0 aromatic rings. The summed E-state index contributed by atoms with van der Waals surface area (Å²) in [6.45, 7) is 0. The van der Waals surface area contributed by atoms with E-state index in [0.717, 1.165) is 0 Å². The first-order valence-electron chi connectivity index (χ1n) is 0. The quantitative estimate of drug-likeness (QED) is 0.333. The first-order chi connectivity index (χ1) is 0. The predicted molar refractivity (Wildman–Crippen MR) is 42.5 cm³/mol. The monoisotopic (exact) mass is 187 g/mol. The van der Waals surface area contributed by atoms with Gasteiger partial charge in [0.15, 0.2) is 34.7 Å². The van der Waals surface area contributed by atoms with Gasteiger partial charge in [0.1, 0.15) is 0 Å². The molecule has 0 aliphatic rings. The molecule has 0 spiro atoms. The zero-order chi connectivity index (χ0) is 0. The molecule has 5 heteroatoms. The van der Waals surface area contributed by atoms with Crippen LogP contribution in [0.3, 0.4) is 0 Å². The average Bonchev–Trinajstić information content (AvgIpc) is 0. The Bertz CT molecular complexity index is 7.61. The van der Waals surface area contributed by atoms with Crippen molar-refractivity contribution < 1.29 is 17.1 Å². The second-order valence-corrected chi connectivity index (χ2v) is 0. The summed E-state index contributed by atoms with van der Waals surface area (Å²) in [4.78, 5) is 0. The van der Waals surface area contributed by atoms with E-state index in [2.05, 4.69) is 0 Å². The summed E-state index contributed by atoms with van der Waals surface area (Å²) in [5, 5.41) is 0. The molecule has 0 fully saturated rings. The van der Waals surface area contributed by atoms with Gasteiger partial charge in [-0.1, -0.05) is 0 Å². The Labute approximate surface area is 73.3 Å². The van der Waals surface area contributed by atoms with E-state index >= 15 is 0 Å². The van der Waals surface area contributed by atoms with Crippen LogP contribution in [0.5, 0.6) is 0 Å². The SMILES string of the molecule is [AlH3].[AlH3].[Cu].[SiH4].[SiH4]. The standard InChI is InChI=1S/2Al.Cu.2H4Si.6H/h;;;2*1H4;;;;;;. The van der Waals surface area contributed by atoms with Crippen molar-refractivity contribution >= 4 is 56.7 Å². The molecule has 5 heavy (non-hydrogen) atoms. The Morgan fingerprint density at radius 3 is 0.600 bits per heavy atom. The smallest absolute Gasteiger partial charge is 0.0149 e. The summed E-state index contributed by atoms with van der Waals surface area (Å²) in [7, 11) is 0. The predicted octanol–water partition coefficient (Wildman–Crippen LogP) is -5.27. The summed E-state index contributed by atoms with van der Waals surface area (Å²) >= 11 is 0. The third-order valence-electron chi connectivity index (χ3n) is 0. The Hall–Kier alpha value is 2.02. The van der Waals surface area contributed by atoms with Gasteiger partial charge in [-0.05, 0) is 21.9 Å². The molecule has 0 saturated carbocycles. The molecule has 0 rings (SSSR count). The summed E-state index contributed by atoms with van der Waals surface area (Å²) in [5.74, 6) is 0. The molecule has 1 radical (unpaired) electrons. The second kappa shape index (κ2) is 37.2. The van der Waals surface area contributed by atoms with Gasteiger partial charge >= 0.3 is 0 Å². The maximum absolute atomic E-state index is 0. The van der Waals surface area contributed by atoms with Crippen molar-refractivity contribution in [3.05, 3.63) is 0 Å². The van der Waals surface area contributed by atoms with Crippen LogP contribution in [-0.2, 0) is 17.1 Å². The molecule has 0 nitrogen and oxygen atoms in total. The molecular formula is H14Al2CuSi2. The Balaban J connectivity index is 0. The van der Waals surface area contributed by atoms with Crippen molar-refractivity contribution in [3.63, 3.8) is 0 Å². The second-order valence-electron chi connectivity index (χ2n) is 0. The largest absolute Gasteiger partial charge is 0.187 e. The van der Waals surface area contributed by atoms with Gasteiger partial charge in [0.2, 0.25) is 0 Å². The minimum absolute atomic E-state index is 0. The summed E-state index contributed by atoms with van der Waals surface area (Å²) < 4.78 is 0. The molecule has 0 bridgehead atoms. The molecule has 0 N–H and O–H groups in total. The van der Waals surface area contributed by atoms with Crippen molar-refractivity contribution in [2.45, 2.75) is 0 Å². The average molecular weight is 188 g/mol. The number of rotatable bonds is 0. The first-order valence-corrected chi connectivity index (χ1v) is 0. The van der Waals surface area contributed by atoms with Gasteiger partial charge < -0.3 is 0 Å². The molecule has 0 aliphatic heterocycles. The zero-order valence-electron chi connectivity index (χ0n) is 0.302. The molecule has 0 heterocycles. The van der Waals surface area contributed by atoms with Crippen LogP contribution < -0.4 is 0 Å². The minimum atomic E-state index is 0. The van der Waals surface area contributed by atoms with E-state index in [1.54, 1.807) is 0 Å². The fraction of sp³-hybridized carbons (Fsp3) is 0. The Morgan fingerprint density at radius 1 is 0.600 bits per heavy atom. The van der Waals surface area contributed by atoms with Crippen molar-refractivity contribution in [2.24, 2.45) is 0 Å². The van der Waals surface area contributed by atoms with Crippen LogP contribution in [0, 0.1) is 0 Å². The molecule has 0 amide bonds. The van der Waals surface area contributed by atoms with Crippen LogP contribution in [0.25, 0.3) is 0 Å². The van der Waals surface area contributed by atoms with Gasteiger partial charge in [0.05, 0.1) is 0 Å². The number of hydrogen-bond acceptors (Lipinski definition) is 0. The van der Waals surface area contributed by atoms with Crippen molar-refractivity contribution in [1.82, 2.24) is 0 Å². The molecule has 0 unspecified atom stereocenters. The minimum Gasteiger partial charge on any atom is -0.0149 e. The summed E-state index contributed by atoms with van der Waals surface area (Å²) in [5.41, 5.74) is 0. The van der Waals surface area contributed by atoms with Crippen LogP contribution >= 0.6 is 0 Å². The van der Waals surface area contributed by atoms with E-state index in [1.807, 2.05) is 0 Å². The first kappa shape index (κ1) is 62.4. The summed E-state index contributed by atoms with van der Waals surface area (Å²) in [6.07, 6.45) is 0. The topological polar surface area (TPSA) is 0 Å². The third-order valence-corrected chi connectivity index (χ3v) is 0. The fourth-order valence-electron chi connectivity index (χ4n) is 0. The van der Waals surface area contributed by atoms with Gasteiger partial charge in [0.25, 0.3) is 0 Å². The van der Waals surface area contributed by atoms with Crippen molar-refractivity contribution in [3.8, 4) is 0 Å².